The van der Waals surface area contributed by atoms with Crippen molar-refractivity contribution in [2.75, 3.05) is 17.3 Å². The molecule has 31 heavy (non-hydrogen) atoms. The minimum atomic E-state index is -3.52. The second kappa shape index (κ2) is 9.30. The molecule has 1 heterocycles. The third kappa shape index (κ3) is 5.67. The van der Waals surface area contributed by atoms with Gasteiger partial charge in [-0.3, -0.25) is 4.79 Å². The lowest BCUT2D eigenvalue weighted by Gasteiger charge is -2.24. The molecule has 1 saturated carbocycles. The van der Waals surface area contributed by atoms with Gasteiger partial charge < -0.3 is 5.32 Å². The molecule has 1 atom stereocenters. The van der Waals surface area contributed by atoms with E-state index < -0.39 is 19.9 Å². The van der Waals surface area contributed by atoms with Gasteiger partial charge in [-0.25, -0.2) is 16.8 Å². The first-order chi connectivity index (χ1) is 14.5. The molecular formula is C20H26ClN3O5S2. The largest absolute Gasteiger partial charge is 0.309 e. The van der Waals surface area contributed by atoms with Crippen molar-refractivity contribution in [3.63, 3.8) is 0 Å². The molecule has 0 aliphatic heterocycles. The number of amides is 1. The van der Waals surface area contributed by atoms with E-state index in [-0.39, 0.29) is 45.7 Å². The maximum absolute atomic E-state index is 12.8. The zero-order chi connectivity index (χ0) is 22.8. The molecule has 0 bridgehead atoms. The number of halogens is 1. The molecule has 1 aliphatic rings. The molecule has 1 aromatic carbocycles. The van der Waals surface area contributed by atoms with Gasteiger partial charge in [-0.2, -0.15) is 4.09 Å². The van der Waals surface area contributed by atoms with E-state index in [1.165, 1.54) is 25.3 Å². The average Bonchev–Trinajstić information content (AvgIpc) is 3.37. The Hall–Kier alpha value is -1.91. The standard InChI is InChI=1S/C20H26ClN3O5S2/c1-3-31(28,29)24-11-10-19(23-24)22-20(25)13-16(14-6-4-5-7-14)15-8-9-18(17(21)12-15)30(2,26)27/h8-12,14,16H,3-7,13H2,1-2H3,(H,22,23,25)/t16-/m1/s1. The molecule has 1 amide bonds. The summed E-state index contributed by atoms with van der Waals surface area (Å²) < 4.78 is 48.4. The SMILES string of the molecule is CCS(=O)(=O)n1ccc(NC(=O)C[C@@H](c2ccc(S(C)(=O)=O)c(Cl)c2)C2CCCC2)n1. The molecule has 2 aromatic rings. The first-order valence-electron chi connectivity index (χ1n) is 10.1. The summed E-state index contributed by atoms with van der Waals surface area (Å²) in [5.41, 5.74) is 0.818. The summed E-state index contributed by atoms with van der Waals surface area (Å²) in [6, 6.07) is 6.29. The van der Waals surface area contributed by atoms with E-state index in [0.717, 1.165) is 41.6 Å². The van der Waals surface area contributed by atoms with Crippen LogP contribution >= 0.6 is 11.6 Å². The summed E-state index contributed by atoms with van der Waals surface area (Å²) in [6.07, 6.45) is 6.68. The van der Waals surface area contributed by atoms with Crippen molar-refractivity contribution in [1.29, 1.82) is 0 Å². The van der Waals surface area contributed by atoms with Gasteiger partial charge in [0.25, 0.3) is 10.0 Å². The fourth-order valence-corrected chi connectivity index (χ4v) is 6.08. The first kappa shape index (κ1) is 23.7. The van der Waals surface area contributed by atoms with Gasteiger partial charge in [-0.15, -0.1) is 5.10 Å². The van der Waals surface area contributed by atoms with Crippen molar-refractivity contribution in [1.82, 2.24) is 9.19 Å². The molecule has 1 N–H and O–H groups in total. The molecule has 3 rings (SSSR count). The number of carbonyl (C=O) groups is 1. The van der Waals surface area contributed by atoms with Gasteiger partial charge in [0.2, 0.25) is 5.91 Å². The van der Waals surface area contributed by atoms with Crippen molar-refractivity contribution in [2.24, 2.45) is 5.92 Å². The number of rotatable bonds is 8. The van der Waals surface area contributed by atoms with E-state index in [0.29, 0.717) is 0 Å². The van der Waals surface area contributed by atoms with Crippen LogP contribution in [0.2, 0.25) is 5.02 Å². The molecule has 1 aliphatic carbocycles. The molecule has 1 fully saturated rings. The lowest BCUT2D eigenvalue weighted by Crippen LogP contribution is -2.21. The van der Waals surface area contributed by atoms with Crippen LogP contribution in [-0.4, -0.2) is 43.9 Å². The van der Waals surface area contributed by atoms with Crippen molar-refractivity contribution in [3.05, 3.63) is 41.0 Å². The smallest absolute Gasteiger partial charge is 0.253 e. The van der Waals surface area contributed by atoms with Crippen LogP contribution < -0.4 is 5.32 Å². The highest BCUT2D eigenvalue weighted by molar-refractivity contribution is 7.90. The van der Waals surface area contributed by atoms with Crippen molar-refractivity contribution >= 4 is 43.2 Å². The highest BCUT2D eigenvalue weighted by Gasteiger charge is 2.29. The molecule has 0 saturated heterocycles. The first-order valence-corrected chi connectivity index (χ1v) is 14.0. The summed E-state index contributed by atoms with van der Waals surface area (Å²) in [5.74, 6) is -0.0771. The number of anilines is 1. The number of nitrogens with one attached hydrogen (secondary N) is 1. The number of hydrogen-bond acceptors (Lipinski definition) is 6. The Morgan fingerprint density at radius 3 is 2.48 bits per heavy atom. The lowest BCUT2D eigenvalue weighted by atomic mass is 9.82. The van der Waals surface area contributed by atoms with E-state index in [1.54, 1.807) is 12.1 Å². The van der Waals surface area contributed by atoms with Crippen LogP contribution in [0.25, 0.3) is 0 Å². The van der Waals surface area contributed by atoms with E-state index in [1.807, 2.05) is 0 Å². The van der Waals surface area contributed by atoms with Gasteiger partial charge in [0.15, 0.2) is 15.7 Å². The highest BCUT2D eigenvalue weighted by atomic mass is 35.5. The van der Waals surface area contributed by atoms with E-state index in [4.69, 9.17) is 11.6 Å². The van der Waals surface area contributed by atoms with Gasteiger partial charge in [0.1, 0.15) is 0 Å². The van der Waals surface area contributed by atoms with Crippen LogP contribution in [0.15, 0.2) is 35.4 Å². The fourth-order valence-electron chi connectivity index (χ4n) is 4.02. The van der Waals surface area contributed by atoms with Crippen LogP contribution in [0.1, 0.15) is 50.5 Å². The lowest BCUT2D eigenvalue weighted by molar-refractivity contribution is -0.116. The van der Waals surface area contributed by atoms with Crippen LogP contribution in [0.3, 0.4) is 0 Å². The number of nitrogens with zero attached hydrogens (tertiary/aromatic N) is 2. The summed E-state index contributed by atoms with van der Waals surface area (Å²) in [4.78, 5) is 12.8. The zero-order valence-corrected chi connectivity index (χ0v) is 19.8. The number of hydrogen-bond donors (Lipinski definition) is 1. The summed E-state index contributed by atoms with van der Waals surface area (Å²) in [7, 11) is -6.96. The van der Waals surface area contributed by atoms with Crippen LogP contribution in [-0.2, 0) is 24.7 Å². The third-order valence-corrected chi connectivity index (χ3v) is 8.72. The maximum Gasteiger partial charge on any atom is 0.253 e. The minimum absolute atomic E-state index is 0.0650. The Balaban J connectivity index is 1.81. The Morgan fingerprint density at radius 1 is 1.23 bits per heavy atom. The Morgan fingerprint density at radius 2 is 1.90 bits per heavy atom. The van der Waals surface area contributed by atoms with Gasteiger partial charge in [0, 0.05) is 24.9 Å². The normalized spacial score (nSPS) is 16.4. The van der Waals surface area contributed by atoms with Crippen molar-refractivity contribution in [2.45, 2.75) is 49.8 Å². The summed E-state index contributed by atoms with van der Waals surface area (Å²) in [6.45, 7) is 1.52. The molecule has 0 spiro atoms. The minimum Gasteiger partial charge on any atom is -0.309 e. The summed E-state index contributed by atoms with van der Waals surface area (Å²) in [5, 5.41) is 6.75. The van der Waals surface area contributed by atoms with E-state index >= 15 is 0 Å². The molecular weight excluding hydrogens is 462 g/mol. The predicted molar refractivity (Wildman–Crippen MR) is 120 cm³/mol. The maximum atomic E-state index is 12.8. The van der Waals surface area contributed by atoms with E-state index in [2.05, 4.69) is 10.4 Å². The number of carbonyl (C=O) groups excluding carboxylic acids is 1. The number of sulfone groups is 1. The second-order valence-corrected chi connectivity index (χ2v) is 12.3. The highest BCUT2D eigenvalue weighted by Crippen LogP contribution is 2.40. The molecule has 0 radical (unpaired) electrons. The fraction of sp³-hybridized carbons (Fsp3) is 0.500. The predicted octanol–water partition coefficient (Wildman–Crippen LogP) is 3.44. The zero-order valence-electron chi connectivity index (χ0n) is 17.4. The van der Waals surface area contributed by atoms with Gasteiger partial charge in [0.05, 0.1) is 15.7 Å². The Kier molecular flexibility index (Phi) is 7.12. The quantitative estimate of drug-likeness (QED) is 0.609. The van der Waals surface area contributed by atoms with Gasteiger partial charge in [-0.05, 0) is 49.3 Å². The third-order valence-electron chi connectivity index (χ3n) is 5.64. The molecule has 8 nitrogen and oxygen atoms in total. The summed E-state index contributed by atoms with van der Waals surface area (Å²) >= 11 is 6.24. The van der Waals surface area contributed by atoms with Crippen LogP contribution in [0.5, 0.6) is 0 Å². The van der Waals surface area contributed by atoms with Crippen molar-refractivity contribution in [3.8, 4) is 0 Å². The van der Waals surface area contributed by atoms with E-state index in [9.17, 15) is 21.6 Å². The number of benzene rings is 1. The van der Waals surface area contributed by atoms with Crippen molar-refractivity contribution < 1.29 is 21.6 Å². The Bertz CT molecular complexity index is 1170. The average molecular weight is 488 g/mol. The molecule has 1 aromatic heterocycles. The van der Waals surface area contributed by atoms with Gasteiger partial charge in [-0.1, -0.05) is 30.5 Å². The topological polar surface area (TPSA) is 115 Å². The monoisotopic (exact) mass is 487 g/mol. The van der Waals surface area contributed by atoms with Crippen LogP contribution in [0.4, 0.5) is 5.82 Å². The molecule has 0 unspecified atom stereocenters. The second-order valence-electron chi connectivity index (χ2n) is 7.84. The van der Waals surface area contributed by atoms with Gasteiger partial charge >= 0.3 is 0 Å². The molecule has 170 valence electrons. The Labute approximate surface area is 188 Å². The van der Waals surface area contributed by atoms with Crippen LogP contribution in [0, 0.1) is 5.92 Å². The number of aromatic nitrogens is 2. The molecule has 11 heteroatoms.